The van der Waals surface area contributed by atoms with Crippen LogP contribution < -0.4 is 30.4 Å². The van der Waals surface area contributed by atoms with Crippen LogP contribution >= 0.6 is 0 Å². The maximum Gasteiger partial charge on any atom is 0.196 e. The zero-order valence-corrected chi connectivity index (χ0v) is 34.8. The summed E-state index contributed by atoms with van der Waals surface area (Å²) in [6.07, 6.45) is 8.51. The molecule has 0 unspecified atom stereocenters. The summed E-state index contributed by atoms with van der Waals surface area (Å²) in [6.45, 7) is 13.4. The van der Waals surface area contributed by atoms with Crippen LogP contribution in [0.1, 0.15) is 102 Å². The third-order valence-corrected chi connectivity index (χ3v) is 11.2. The van der Waals surface area contributed by atoms with Gasteiger partial charge in [0.25, 0.3) is 0 Å². The molecule has 1 aromatic heterocycles. The molecule has 0 bridgehead atoms. The van der Waals surface area contributed by atoms with Crippen LogP contribution in [0.2, 0.25) is 0 Å². The highest BCUT2D eigenvalue weighted by atomic mass is 16.5. The van der Waals surface area contributed by atoms with E-state index in [0.29, 0.717) is 78.0 Å². The van der Waals surface area contributed by atoms with Crippen LogP contribution in [0.3, 0.4) is 0 Å². The van der Waals surface area contributed by atoms with Gasteiger partial charge in [-0.2, -0.15) is 0 Å². The van der Waals surface area contributed by atoms with Gasteiger partial charge < -0.3 is 30.4 Å². The van der Waals surface area contributed by atoms with Crippen LogP contribution in [0.5, 0.6) is 23.0 Å². The summed E-state index contributed by atoms with van der Waals surface area (Å²) in [6, 6.07) is 21.1. The number of rotatable bonds is 16. The molecule has 0 amide bonds. The van der Waals surface area contributed by atoms with Crippen LogP contribution in [0, 0.1) is 0 Å². The van der Waals surface area contributed by atoms with Crippen molar-refractivity contribution in [2.45, 2.75) is 72.6 Å². The Kier molecular flexibility index (Phi) is 13.2. The highest BCUT2D eigenvalue weighted by Crippen LogP contribution is 2.52. The number of nitrogens with zero attached hydrogens (tertiary/aromatic N) is 2. The second-order valence-corrected chi connectivity index (χ2v) is 15.1. The van der Waals surface area contributed by atoms with Gasteiger partial charge in [0.05, 0.1) is 30.9 Å². The molecule has 0 radical (unpaired) electrons. The molecule has 10 heteroatoms. The summed E-state index contributed by atoms with van der Waals surface area (Å²) in [5.74, 6) is 2.72. The second-order valence-electron chi connectivity index (χ2n) is 15.1. The Balaban J connectivity index is 0.000000179. The Morgan fingerprint density at radius 1 is 0.576 bits per heavy atom. The number of ether oxygens (including phenoxy) is 4. The van der Waals surface area contributed by atoms with Crippen molar-refractivity contribution in [1.29, 1.82) is 0 Å². The van der Waals surface area contributed by atoms with Crippen molar-refractivity contribution >= 4 is 22.9 Å². The summed E-state index contributed by atoms with van der Waals surface area (Å²) in [5, 5.41) is 0. The van der Waals surface area contributed by atoms with E-state index in [9.17, 15) is 9.59 Å². The number of likely N-dealkylation sites (tertiary alicyclic amines) is 1. The molecule has 59 heavy (non-hydrogen) atoms. The Morgan fingerprint density at radius 3 is 1.58 bits per heavy atom. The number of hydrogen-bond acceptors (Lipinski definition) is 10. The van der Waals surface area contributed by atoms with Crippen molar-refractivity contribution in [3.63, 3.8) is 0 Å². The third-order valence-electron chi connectivity index (χ3n) is 11.2. The van der Waals surface area contributed by atoms with E-state index in [4.69, 9.17) is 30.4 Å². The SMILES string of the molecule is CCCc1cc(OCC)c2c(c1N)C(=O)c1cccc(OCCN3CCCC3)c1-2.CCCc1cc(OCC)c2c(c1N)C(=O)c1cccc(OCCc3ccccn3)c1-2. The molecule has 0 saturated carbocycles. The number of ketones is 2. The first kappa shape index (κ1) is 41.3. The number of pyridine rings is 1. The first-order valence-electron chi connectivity index (χ1n) is 21.2. The lowest BCUT2D eigenvalue weighted by Gasteiger charge is -2.18. The predicted octanol–water partition coefficient (Wildman–Crippen LogP) is 9.15. The summed E-state index contributed by atoms with van der Waals surface area (Å²) < 4.78 is 24.2. The molecule has 4 aromatic carbocycles. The van der Waals surface area contributed by atoms with Crippen molar-refractivity contribution in [2.24, 2.45) is 0 Å². The van der Waals surface area contributed by atoms with Crippen LogP contribution in [-0.4, -0.2) is 67.5 Å². The van der Waals surface area contributed by atoms with Gasteiger partial charge in [-0.25, -0.2) is 0 Å². The number of anilines is 2. The molecule has 5 aromatic rings. The molecular formula is C49H56N4O6. The molecule has 0 spiro atoms. The zero-order valence-electron chi connectivity index (χ0n) is 34.8. The standard InChI is InChI=1S/C25H26N2O3.C24H30N2O3/c1-3-8-16-15-20(29-4-2)22-21-18(25(28)23(22)24(16)26)10-7-11-19(21)30-14-12-17-9-5-6-13-27-17;1-3-8-16-15-19(28-4-2)21-20-17(24(27)22(21)23(16)25)9-7-10-18(20)29-14-13-26-11-5-6-12-26/h5-7,9-11,13,15H,3-4,8,12,14,26H2,1-2H3;7,9-10,15H,3-6,8,11-14,25H2,1-2H3. The van der Waals surface area contributed by atoms with Crippen LogP contribution in [0.4, 0.5) is 11.4 Å². The lowest BCUT2D eigenvalue weighted by atomic mass is 9.96. The largest absolute Gasteiger partial charge is 0.493 e. The molecule has 2 heterocycles. The lowest BCUT2D eigenvalue weighted by molar-refractivity contribution is 0.103. The average molecular weight is 797 g/mol. The molecule has 3 aliphatic rings. The van der Waals surface area contributed by atoms with Gasteiger partial charge in [0, 0.05) is 69.6 Å². The number of benzene rings is 4. The molecule has 308 valence electrons. The Hall–Kier alpha value is -5.87. The van der Waals surface area contributed by atoms with E-state index >= 15 is 0 Å². The van der Waals surface area contributed by atoms with E-state index in [1.54, 1.807) is 6.20 Å². The summed E-state index contributed by atoms with van der Waals surface area (Å²) in [4.78, 5) is 33.3. The summed E-state index contributed by atoms with van der Waals surface area (Å²) in [5.41, 5.74) is 22.5. The van der Waals surface area contributed by atoms with E-state index in [-0.39, 0.29) is 11.6 Å². The van der Waals surface area contributed by atoms with Crippen molar-refractivity contribution in [3.05, 3.63) is 112 Å². The number of carbonyl (C=O) groups is 2. The van der Waals surface area contributed by atoms with Gasteiger partial charge in [0.1, 0.15) is 29.6 Å². The number of aryl methyl sites for hydroxylation is 2. The second kappa shape index (κ2) is 18.8. The third kappa shape index (κ3) is 8.37. The number of nitrogen functional groups attached to an aromatic ring is 2. The van der Waals surface area contributed by atoms with E-state index in [0.717, 1.165) is 95.9 Å². The van der Waals surface area contributed by atoms with Gasteiger partial charge in [-0.3, -0.25) is 19.5 Å². The smallest absolute Gasteiger partial charge is 0.196 e. The van der Waals surface area contributed by atoms with E-state index in [1.807, 2.05) is 80.6 Å². The zero-order chi connectivity index (χ0) is 41.5. The lowest BCUT2D eigenvalue weighted by Crippen LogP contribution is -2.25. The van der Waals surface area contributed by atoms with Gasteiger partial charge in [-0.15, -0.1) is 0 Å². The molecule has 8 rings (SSSR count). The Labute approximate surface area is 347 Å². The normalized spacial score (nSPS) is 13.6. The molecule has 1 aliphatic heterocycles. The molecule has 0 atom stereocenters. The Morgan fingerprint density at radius 2 is 1.10 bits per heavy atom. The quantitative estimate of drug-likeness (QED) is 0.0911. The number of aromatic nitrogens is 1. The van der Waals surface area contributed by atoms with Crippen LogP contribution in [0.25, 0.3) is 22.3 Å². The van der Waals surface area contributed by atoms with Gasteiger partial charge in [0.15, 0.2) is 11.6 Å². The van der Waals surface area contributed by atoms with Gasteiger partial charge >= 0.3 is 0 Å². The predicted molar refractivity (Wildman–Crippen MR) is 234 cm³/mol. The van der Waals surface area contributed by atoms with E-state index in [2.05, 4.69) is 23.7 Å². The van der Waals surface area contributed by atoms with Gasteiger partial charge in [-0.05, 0) is 100 Å². The van der Waals surface area contributed by atoms with Crippen molar-refractivity contribution in [2.75, 3.05) is 57.5 Å². The van der Waals surface area contributed by atoms with E-state index < -0.39 is 0 Å². The number of carbonyl (C=O) groups excluding carboxylic acids is 2. The number of fused-ring (bicyclic) bond motifs is 6. The maximum atomic E-state index is 13.3. The molecular weight excluding hydrogens is 741 g/mol. The van der Waals surface area contributed by atoms with Gasteiger partial charge in [-0.1, -0.05) is 57.0 Å². The fraction of sp³-hybridized carbons (Fsp3) is 0.367. The average Bonchev–Trinajstić information content (AvgIpc) is 3.96. The van der Waals surface area contributed by atoms with Crippen molar-refractivity contribution in [1.82, 2.24) is 9.88 Å². The minimum atomic E-state index is -0.0633. The minimum Gasteiger partial charge on any atom is -0.493 e. The number of nitrogens with two attached hydrogens (primary N) is 2. The monoisotopic (exact) mass is 796 g/mol. The number of hydrogen-bond donors (Lipinski definition) is 2. The fourth-order valence-electron chi connectivity index (χ4n) is 8.48. The molecule has 1 saturated heterocycles. The summed E-state index contributed by atoms with van der Waals surface area (Å²) >= 11 is 0. The maximum absolute atomic E-state index is 13.3. The Bertz CT molecular complexity index is 2320. The first-order chi connectivity index (χ1) is 28.8. The van der Waals surface area contributed by atoms with Crippen LogP contribution in [0.15, 0.2) is 72.9 Å². The topological polar surface area (TPSA) is 139 Å². The molecule has 4 N–H and O–H groups in total. The first-order valence-corrected chi connectivity index (χ1v) is 21.2. The molecule has 2 aliphatic carbocycles. The van der Waals surface area contributed by atoms with Crippen LogP contribution in [-0.2, 0) is 19.3 Å². The highest BCUT2D eigenvalue weighted by Gasteiger charge is 2.37. The molecule has 10 nitrogen and oxygen atoms in total. The van der Waals surface area contributed by atoms with Gasteiger partial charge in [0.2, 0.25) is 0 Å². The fourth-order valence-corrected chi connectivity index (χ4v) is 8.48. The summed E-state index contributed by atoms with van der Waals surface area (Å²) in [7, 11) is 0. The van der Waals surface area contributed by atoms with E-state index in [1.165, 1.54) is 12.8 Å². The minimum absolute atomic E-state index is 0.0311. The highest BCUT2D eigenvalue weighted by molar-refractivity contribution is 6.27. The molecule has 1 fully saturated rings. The van der Waals surface area contributed by atoms with Crippen molar-refractivity contribution < 1.29 is 28.5 Å². The van der Waals surface area contributed by atoms with Crippen molar-refractivity contribution in [3.8, 4) is 45.3 Å².